The van der Waals surface area contributed by atoms with Crippen molar-refractivity contribution in [2.45, 2.75) is 38.8 Å². The van der Waals surface area contributed by atoms with Crippen LogP contribution in [-0.2, 0) is 4.79 Å². The summed E-state index contributed by atoms with van der Waals surface area (Å²) in [5.74, 6) is -0.791. The first-order valence-electron chi connectivity index (χ1n) is 5.64. The number of benzene rings is 1. The molecule has 0 aliphatic heterocycles. The van der Waals surface area contributed by atoms with E-state index in [9.17, 15) is 9.90 Å². The molecular weight excluding hydrogens is 202 g/mol. The Bertz CT molecular complexity index is 410. The number of carbonyl (C=O) groups is 1. The van der Waals surface area contributed by atoms with Crippen LogP contribution in [0.15, 0.2) is 18.2 Å². The summed E-state index contributed by atoms with van der Waals surface area (Å²) in [4.78, 5) is 11.3. The molecule has 2 N–H and O–H groups in total. The second-order valence-corrected chi connectivity index (χ2v) is 4.50. The molecule has 0 radical (unpaired) electrons. The van der Waals surface area contributed by atoms with Gasteiger partial charge in [0.05, 0.1) is 0 Å². The number of aryl methyl sites for hydroxylation is 1. The SMILES string of the molecule is Cc1cccc(C(NC2CC2)C(=O)O)c1C. The maximum atomic E-state index is 11.3. The Labute approximate surface area is 95.5 Å². The van der Waals surface area contributed by atoms with Crippen molar-refractivity contribution in [1.82, 2.24) is 5.32 Å². The largest absolute Gasteiger partial charge is 0.480 e. The van der Waals surface area contributed by atoms with Gasteiger partial charge in [-0.1, -0.05) is 18.2 Å². The molecule has 0 heterocycles. The molecule has 16 heavy (non-hydrogen) atoms. The number of carboxylic acids is 1. The summed E-state index contributed by atoms with van der Waals surface area (Å²) in [6, 6.07) is 5.65. The van der Waals surface area contributed by atoms with Crippen molar-refractivity contribution in [3.05, 3.63) is 34.9 Å². The minimum atomic E-state index is -0.791. The molecule has 1 aromatic rings. The fourth-order valence-electron chi connectivity index (χ4n) is 1.87. The van der Waals surface area contributed by atoms with E-state index in [4.69, 9.17) is 0 Å². The second kappa shape index (κ2) is 4.26. The third kappa shape index (κ3) is 2.25. The first-order valence-corrected chi connectivity index (χ1v) is 5.64. The summed E-state index contributed by atoms with van der Waals surface area (Å²) in [5.41, 5.74) is 3.10. The molecule has 1 aliphatic carbocycles. The Morgan fingerprint density at radius 1 is 1.44 bits per heavy atom. The molecule has 1 atom stereocenters. The summed E-state index contributed by atoms with van der Waals surface area (Å²) in [7, 11) is 0. The zero-order valence-corrected chi connectivity index (χ0v) is 9.66. The molecule has 0 amide bonds. The first kappa shape index (κ1) is 11.1. The average molecular weight is 219 g/mol. The summed E-state index contributed by atoms with van der Waals surface area (Å²) in [6.07, 6.45) is 2.18. The van der Waals surface area contributed by atoms with Gasteiger partial charge in [-0.15, -0.1) is 0 Å². The summed E-state index contributed by atoms with van der Waals surface area (Å²) >= 11 is 0. The van der Waals surface area contributed by atoms with Gasteiger partial charge in [0.2, 0.25) is 0 Å². The number of hydrogen-bond donors (Lipinski definition) is 2. The highest BCUT2D eigenvalue weighted by Gasteiger charge is 2.30. The predicted molar refractivity (Wildman–Crippen MR) is 62.5 cm³/mol. The Hall–Kier alpha value is -1.35. The van der Waals surface area contributed by atoms with Crippen LogP contribution in [0.1, 0.15) is 35.6 Å². The summed E-state index contributed by atoms with van der Waals surface area (Å²) in [5, 5.41) is 12.4. The zero-order chi connectivity index (χ0) is 11.7. The average Bonchev–Trinajstić information content (AvgIpc) is 3.03. The molecule has 1 fully saturated rings. The lowest BCUT2D eigenvalue weighted by atomic mass is 9.97. The molecule has 0 bridgehead atoms. The standard InChI is InChI=1S/C13H17NO2/c1-8-4-3-5-11(9(8)2)12(13(15)16)14-10-6-7-10/h3-5,10,12,14H,6-7H2,1-2H3,(H,15,16). The van der Waals surface area contributed by atoms with E-state index in [-0.39, 0.29) is 0 Å². The number of carboxylic acid groups (broad SMARTS) is 1. The third-order valence-corrected chi connectivity index (χ3v) is 3.18. The van der Waals surface area contributed by atoms with Crippen LogP contribution in [0.25, 0.3) is 0 Å². The molecule has 0 spiro atoms. The Morgan fingerprint density at radius 3 is 2.69 bits per heavy atom. The van der Waals surface area contributed by atoms with Crippen molar-refractivity contribution in [3.63, 3.8) is 0 Å². The molecular formula is C13H17NO2. The van der Waals surface area contributed by atoms with Crippen LogP contribution in [0, 0.1) is 13.8 Å². The Balaban J connectivity index is 2.29. The molecule has 1 aliphatic rings. The molecule has 3 nitrogen and oxygen atoms in total. The number of rotatable bonds is 4. The van der Waals surface area contributed by atoms with Gasteiger partial charge in [-0.3, -0.25) is 10.1 Å². The lowest BCUT2D eigenvalue weighted by molar-refractivity contribution is -0.139. The quantitative estimate of drug-likeness (QED) is 0.816. The third-order valence-electron chi connectivity index (χ3n) is 3.18. The first-order chi connectivity index (χ1) is 7.59. The molecule has 2 rings (SSSR count). The maximum Gasteiger partial charge on any atom is 0.325 e. The van der Waals surface area contributed by atoms with Gasteiger partial charge >= 0.3 is 5.97 Å². The van der Waals surface area contributed by atoms with Crippen LogP contribution in [0.5, 0.6) is 0 Å². The van der Waals surface area contributed by atoms with Crippen LogP contribution in [-0.4, -0.2) is 17.1 Å². The highest BCUT2D eigenvalue weighted by atomic mass is 16.4. The van der Waals surface area contributed by atoms with Crippen molar-refractivity contribution < 1.29 is 9.90 Å². The van der Waals surface area contributed by atoms with Crippen molar-refractivity contribution in [2.24, 2.45) is 0 Å². The molecule has 1 unspecified atom stereocenters. The zero-order valence-electron chi connectivity index (χ0n) is 9.66. The fraction of sp³-hybridized carbons (Fsp3) is 0.462. The molecule has 0 aromatic heterocycles. The Morgan fingerprint density at radius 2 is 2.12 bits per heavy atom. The number of nitrogens with one attached hydrogen (secondary N) is 1. The molecule has 0 saturated heterocycles. The highest BCUT2D eigenvalue weighted by Crippen LogP contribution is 2.26. The smallest absolute Gasteiger partial charge is 0.325 e. The van der Waals surface area contributed by atoms with Crippen LogP contribution < -0.4 is 5.32 Å². The molecule has 3 heteroatoms. The van der Waals surface area contributed by atoms with Crippen molar-refractivity contribution in [2.75, 3.05) is 0 Å². The van der Waals surface area contributed by atoms with Crippen molar-refractivity contribution in [3.8, 4) is 0 Å². The fourth-order valence-corrected chi connectivity index (χ4v) is 1.87. The minimum absolute atomic E-state index is 0.390. The van der Waals surface area contributed by atoms with E-state index < -0.39 is 12.0 Å². The van der Waals surface area contributed by atoms with Gasteiger partial charge in [-0.05, 0) is 43.4 Å². The van der Waals surface area contributed by atoms with E-state index in [1.807, 2.05) is 32.0 Å². The van der Waals surface area contributed by atoms with Crippen molar-refractivity contribution >= 4 is 5.97 Å². The normalized spacial score (nSPS) is 17.1. The van der Waals surface area contributed by atoms with Crippen LogP contribution in [0.2, 0.25) is 0 Å². The van der Waals surface area contributed by atoms with Gasteiger partial charge < -0.3 is 5.11 Å². The Kier molecular flexibility index (Phi) is 2.97. The van der Waals surface area contributed by atoms with Gasteiger partial charge in [0, 0.05) is 6.04 Å². The molecule has 1 aromatic carbocycles. The highest BCUT2D eigenvalue weighted by molar-refractivity contribution is 5.76. The predicted octanol–water partition coefficient (Wildman–Crippen LogP) is 2.18. The van der Waals surface area contributed by atoms with Gasteiger partial charge in [-0.2, -0.15) is 0 Å². The lowest BCUT2D eigenvalue weighted by Crippen LogP contribution is -2.30. The van der Waals surface area contributed by atoms with E-state index in [2.05, 4.69) is 5.32 Å². The van der Waals surface area contributed by atoms with Gasteiger partial charge in [0.25, 0.3) is 0 Å². The van der Waals surface area contributed by atoms with Crippen LogP contribution >= 0.6 is 0 Å². The van der Waals surface area contributed by atoms with Gasteiger partial charge in [0.15, 0.2) is 0 Å². The molecule has 86 valence electrons. The lowest BCUT2D eigenvalue weighted by Gasteiger charge is -2.17. The van der Waals surface area contributed by atoms with E-state index in [1.54, 1.807) is 0 Å². The van der Waals surface area contributed by atoms with E-state index >= 15 is 0 Å². The van der Waals surface area contributed by atoms with Gasteiger partial charge in [-0.25, -0.2) is 0 Å². The van der Waals surface area contributed by atoms with E-state index in [1.165, 1.54) is 0 Å². The minimum Gasteiger partial charge on any atom is -0.480 e. The second-order valence-electron chi connectivity index (χ2n) is 4.50. The topological polar surface area (TPSA) is 49.3 Å². The van der Waals surface area contributed by atoms with E-state index in [0.717, 1.165) is 29.5 Å². The van der Waals surface area contributed by atoms with Crippen molar-refractivity contribution in [1.29, 1.82) is 0 Å². The summed E-state index contributed by atoms with van der Waals surface area (Å²) in [6.45, 7) is 3.99. The molecule has 1 saturated carbocycles. The van der Waals surface area contributed by atoms with Crippen LogP contribution in [0.4, 0.5) is 0 Å². The summed E-state index contributed by atoms with van der Waals surface area (Å²) < 4.78 is 0. The number of hydrogen-bond acceptors (Lipinski definition) is 2. The monoisotopic (exact) mass is 219 g/mol. The number of aliphatic carboxylic acids is 1. The maximum absolute atomic E-state index is 11.3. The van der Waals surface area contributed by atoms with Crippen LogP contribution in [0.3, 0.4) is 0 Å². The van der Waals surface area contributed by atoms with E-state index in [0.29, 0.717) is 6.04 Å². The van der Waals surface area contributed by atoms with Gasteiger partial charge in [0.1, 0.15) is 6.04 Å².